The number of allylic oxidation sites excluding steroid dienone is 2. The molecule has 4 atom stereocenters. The number of hydrogen-bond donors (Lipinski definition) is 0. The van der Waals surface area contributed by atoms with Crippen molar-refractivity contribution in [3.05, 3.63) is 45.6 Å². The van der Waals surface area contributed by atoms with Crippen molar-refractivity contribution in [2.24, 2.45) is 28.8 Å². The van der Waals surface area contributed by atoms with Gasteiger partial charge >= 0.3 is 0 Å². The molecule has 2 fully saturated rings. The van der Waals surface area contributed by atoms with Gasteiger partial charge < -0.3 is 0 Å². The molecule has 0 radical (unpaired) electrons. The van der Waals surface area contributed by atoms with Crippen LogP contribution in [-0.4, -0.2) is 23.0 Å². The lowest BCUT2D eigenvalue weighted by molar-refractivity contribution is -0.140. The van der Waals surface area contributed by atoms with Crippen LogP contribution in [0.25, 0.3) is 0 Å². The molecule has 0 aromatic heterocycles. The Morgan fingerprint density at radius 3 is 2.43 bits per heavy atom. The first-order valence-electron chi connectivity index (χ1n) is 7.01. The molecule has 2 amide bonds. The fourth-order valence-electron chi connectivity index (χ4n) is 3.71. The predicted molar refractivity (Wildman–Crippen MR) is 86.3 cm³/mol. The summed E-state index contributed by atoms with van der Waals surface area (Å²) in [7, 11) is 0. The van der Waals surface area contributed by atoms with Gasteiger partial charge in [0.1, 0.15) is 0 Å². The number of rotatable bonds is 2. The standard InChI is InChI=1S/C16H13IN2O2/c17-12-3-1-2-9(6-12)8-18-19-15(20)13-10-4-5-11(7-10)14(13)16(19)21/h1-6,8,10-11,13-14H,7H2/b18-8-/t10-,11+,13+,14-. The summed E-state index contributed by atoms with van der Waals surface area (Å²) < 4.78 is 1.09. The maximum absolute atomic E-state index is 12.4. The number of nitrogens with zero attached hydrogens (tertiary/aromatic N) is 2. The van der Waals surface area contributed by atoms with Crippen molar-refractivity contribution in [3.8, 4) is 0 Å². The van der Waals surface area contributed by atoms with E-state index in [9.17, 15) is 9.59 Å². The monoisotopic (exact) mass is 392 g/mol. The molecule has 1 heterocycles. The number of hydrazone groups is 1. The number of carbonyl (C=O) groups is 2. The molecule has 4 rings (SSSR count). The summed E-state index contributed by atoms with van der Waals surface area (Å²) in [4.78, 5) is 24.9. The second-order valence-electron chi connectivity index (χ2n) is 5.79. The zero-order chi connectivity index (χ0) is 14.6. The van der Waals surface area contributed by atoms with E-state index < -0.39 is 0 Å². The zero-order valence-electron chi connectivity index (χ0n) is 11.1. The van der Waals surface area contributed by atoms with Crippen LogP contribution in [0.3, 0.4) is 0 Å². The van der Waals surface area contributed by atoms with Gasteiger partial charge in [0.05, 0.1) is 18.1 Å². The minimum atomic E-state index is -0.180. The second kappa shape index (κ2) is 4.76. The molecule has 1 saturated carbocycles. The van der Waals surface area contributed by atoms with Gasteiger partial charge in [-0.05, 0) is 58.5 Å². The van der Waals surface area contributed by atoms with E-state index in [0.717, 1.165) is 20.6 Å². The van der Waals surface area contributed by atoms with Gasteiger partial charge in [0.2, 0.25) is 0 Å². The number of benzene rings is 1. The highest BCUT2D eigenvalue weighted by molar-refractivity contribution is 14.1. The zero-order valence-corrected chi connectivity index (χ0v) is 13.3. The largest absolute Gasteiger partial charge is 0.272 e. The second-order valence-corrected chi connectivity index (χ2v) is 7.03. The molecule has 2 bridgehead atoms. The molecule has 1 aromatic carbocycles. The Balaban J connectivity index is 1.60. The number of amides is 2. The van der Waals surface area contributed by atoms with E-state index in [-0.39, 0.29) is 35.5 Å². The van der Waals surface area contributed by atoms with Crippen LogP contribution >= 0.6 is 22.6 Å². The Hall–Kier alpha value is -1.50. The molecule has 1 saturated heterocycles. The summed E-state index contributed by atoms with van der Waals surface area (Å²) in [6.45, 7) is 0. The van der Waals surface area contributed by atoms with Crippen molar-refractivity contribution in [1.82, 2.24) is 5.01 Å². The Bertz CT molecular complexity index is 667. The van der Waals surface area contributed by atoms with Crippen LogP contribution in [-0.2, 0) is 9.59 Å². The fourth-order valence-corrected chi connectivity index (χ4v) is 4.28. The maximum atomic E-state index is 12.4. The van der Waals surface area contributed by atoms with Crippen LogP contribution in [0.2, 0.25) is 0 Å². The molecule has 1 aromatic rings. The fraction of sp³-hybridized carbons (Fsp3) is 0.312. The maximum Gasteiger partial charge on any atom is 0.254 e. The molecular formula is C16H13IN2O2. The molecule has 4 nitrogen and oxygen atoms in total. The van der Waals surface area contributed by atoms with E-state index in [1.807, 2.05) is 24.3 Å². The predicted octanol–water partition coefficient (Wildman–Crippen LogP) is 2.43. The number of imide groups is 1. The molecule has 3 aliphatic rings. The molecule has 106 valence electrons. The van der Waals surface area contributed by atoms with Crippen LogP contribution < -0.4 is 0 Å². The normalized spacial score (nSPS) is 33.5. The van der Waals surface area contributed by atoms with Crippen molar-refractivity contribution in [3.63, 3.8) is 0 Å². The van der Waals surface area contributed by atoms with Gasteiger partial charge in [0.15, 0.2) is 0 Å². The van der Waals surface area contributed by atoms with Crippen LogP contribution in [0, 0.1) is 27.2 Å². The van der Waals surface area contributed by atoms with E-state index in [0.29, 0.717) is 0 Å². The van der Waals surface area contributed by atoms with Crippen molar-refractivity contribution in [1.29, 1.82) is 0 Å². The van der Waals surface area contributed by atoms with E-state index in [1.165, 1.54) is 0 Å². The quantitative estimate of drug-likeness (QED) is 0.336. The highest BCUT2D eigenvalue weighted by Gasteiger charge is 2.59. The minimum absolute atomic E-state index is 0.135. The lowest BCUT2D eigenvalue weighted by Crippen LogP contribution is -2.28. The summed E-state index contributed by atoms with van der Waals surface area (Å²) in [5.74, 6) is -0.169. The lowest BCUT2D eigenvalue weighted by Gasteiger charge is -2.13. The van der Waals surface area contributed by atoms with Crippen molar-refractivity contribution in [2.75, 3.05) is 0 Å². The highest BCUT2D eigenvalue weighted by Crippen LogP contribution is 2.52. The minimum Gasteiger partial charge on any atom is -0.272 e. The number of fused-ring (bicyclic) bond motifs is 5. The van der Waals surface area contributed by atoms with Crippen LogP contribution in [0.4, 0.5) is 0 Å². The molecule has 0 N–H and O–H groups in total. The van der Waals surface area contributed by atoms with Crippen LogP contribution in [0.1, 0.15) is 12.0 Å². The van der Waals surface area contributed by atoms with Crippen molar-refractivity contribution < 1.29 is 9.59 Å². The van der Waals surface area contributed by atoms with Crippen LogP contribution in [0.5, 0.6) is 0 Å². The molecule has 1 aliphatic heterocycles. The molecule has 0 spiro atoms. The molecule has 2 aliphatic carbocycles. The first-order valence-corrected chi connectivity index (χ1v) is 8.09. The third-order valence-electron chi connectivity index (χ3n) is 4.62. The topological polar surface area (TPSA) is 49.7 Å². The van der Waals surface area contributed by atoms with Gasteiger partial charge in [-0.15, -0.1) is 0 Å². The van der Waals surface area contributed by atoms with Crippen molar-refractivity contribution in [2.45, 2.75) is 6.42 Å². The van der Waals surface area contributed by atoms with E-state index in [4.69, 9.17) is 0 Å². The highest BCUT2D eigenvalue weighted by atomic mass is 127. The van der Waals surface area contributed by atoms with E-state index in [2.05, 4.69) is 39.8 Å². The number of halogens is 1. The summed E-state index contributed by atoms with van der Waals surface area (Å²) in [5.41, 5.74) is 0.889. The summed E-state index contributed by atoms with van der Waals surface area (Å²) >= 11 is 2.22. The SMILES string of the molecule is O=C1[C@@H]2[C@H](C(=O)N1/N=C\c1cccc(I)c1)[C@H]1C=C[C@@H]2C1. The average molecular weight is 392 g/mol. The summed E-state index contributed by atoms with van der Waals surface area (Å²) in [6.07, 6.45) is 6.71. The Morgan fingerprint density at radius 2 is 1.81 bits per heavy atom. The first kappa shape index (κ1) is 13.2. The first-order chi connectivity index (χ1) is 10.1. The van der Waals surface area contributed by atoms with Gasteiger partial charge in [-0.3, -0.25) is 9.59 Å². The third kappa shape index (κ3) is 1.97. The van der Waals surface area contributed by atoms with Gasteiger partial charge in [-0.2, -0.15) is 10.1 Å². The third-order valence-corrected chi connectivity index (χ3v) is 5.29. The molecule has 5 heteroatoms. The van der Waals surface area contributed by atoms with E-state index >= 15 is 0 Å². The lowest BCUT2D eigenvalue weighted by atomic mass is 9.85. The summed E-state index contributed by atoms with van der Waals surface area (Å²) in [6, 6.07) is 7.78. The molecule has 21 heavy (non-hydrogen) atoms. The van der Waals surface area contributed by atoms with Gasteiger partial charge in [0, 0.05) is 3.57 Å². The van der Waals surface area contributed by atoms with E-state index in [1.54, 1.807) is 6.21 Å². The van der Waals surface area contributed by atoms with Gasteiger partial charge in [0.25, 0.3) is 11.8 Å². The van der Waals surface area contributed by atoms with Gasteiger partial charge in [-0.25, -0.2) is 0 Å². The van der Waals surface area contributed by atoms with Gasteiger partial charge in [-0.1, -0.05) is 24.3 Å². The Morgan fingerprint density at radius 1 is 1.14 bits per heavy atom. The summed E-state index contributed by atoms with van der Waals surface area (Å²) in [5, 5.41) is 5.24. The average Bonchev–Trinajstić information content (AvgIpc) is 3.12. The number of carbonyl (C=O) groups excluding carboxylic acids is 2. The number of hydrogen-bond acceptors (Lipinski definition) is 3. The molecule has 0 unspecified atom stereocenters. The Kier molecular flexibility index (Phi) is 2.99. The van der Waals surface area contributed by atoms with Crippen LogP contribution in [0.15, 0.2) is 41.5 Å². The molecular weight excluding hydrogens is 379 g/mol. The smallest absolute Gasteiger partial charge is 0.254 e. The Labute approximate surface area is 136 Å². The van der Waals surface area contributed by atoms with Crippen molar-refractivity contribution >= 4 is 40.6 Å².